The van der Waals surface area contributed by atoms with E-state index in [-0.39, 0.29) is 5.92 Å². The normalized spacial score (nSPS) is 26.6. The van der Waals surface area contributed by atoms with Gasteiger partial charge in [-0.25, -0.2) is 0 Å². The van der Waals surface area contributed by atoms with Crippen LogP contribution in [-0.4, -0.2) is 61.5 Å². The van der Waals surface area contributed by atoms with Gasteiger partial charge in [-0.05, 0) is 45.8 Å². The summed E-state index contributed by atoms with van der Waals surface area (Å²) >= 11 is 0. The van der Waals surface area contributed by atoms with Gasteiger partial charge in [0.2, 0.25) is 5.91 Å². The van der Waals surface area contributed by atoms with Gasteiger partial charge in [0.25, 0.3) is 0 Å². The van der Waals surface area contributed by atoms with Gasteiger partial charge in [0.05, 0.1) is 0 Å². The second-order valence-corrected chi connectivity index (χ2v) is 6.15. The molecule has 4 heteroatoms. The van der Waals surface area contributed by atoms with Gasteiger partial charge >= 0.3 is 0 Å². The van der Waals surface area contributed by atoms with E-state index in [0.717, 1.165) is 19.6 Å². The van der Waals surface area contributed by atoms with Gasteiger partial charge in [-0.3, -0.25) is 4.79 Å². The summed E-state index contributed by atoms with van der Waals surface area (Å²) in [6, 6.07) is 0.463. The zero-order chi connectivity index (χ0) is 13.7. The maximum atomic E-state index is 12.5. The van der Waals surface area contributed by atoms with Crippen LogP contribution in [0.25, 0.3) is 0 Å². The monoisotopic (exact) mass is 267 g/mol. The van der Waals surface area contributed by atoms with Gasteiger partial charge in [-0.15, -0.1) is 0 Å². The van der Waals surface area contributed by atoms with Crippen molar-refractivity contribution < 1.29 is 4.79 Å². The molecule has 19 heavy (non-hydrogen) atoms. The number of rotatable bonds is 5. The molecule has 2 saturated heterocycles. The highest BCUT2D eigenvalue weighted by Gasteiger charge is 2.32. The summed E-state index contributed by atoms with van der Waals surface area (Å²) in [4.78, 5) is 17.2. The van der Waals surface area contributed by atoms with Gasteiger partial charge in [0.15, 0.2) is 0 Å². The Labute approximate surface area is 117 Å². The van der Waals surface area contributed by atoms with Gasteiger partial charge in [-0.1, -0.05) is 13.3 Å². The third kappa shape index (κ3) is 3.93. The van der Waals surface area contributed by atoms with Crippen LogP contribution in [0.4, 0.5) is 0 Å². The first-order chi connectivity index (χ1) is 9.22. The number of piperidine rings is 1. The highest BCUT2D eigenvalue weighted by atomic mass is 16.2. The molecule has 0 aromatic carbocycles. The van der Waals surface area contributed by atoms with Gasteiger partial charge in [-0.2, -0.15) is 0 Å². The van der Waals surface area contributed by atoms with Crippen molar-refractivity contribution in [3.05, 3.63) is 0 Å². The number of nitrogens with zero attached hydrogens (tertiary/aromatic N) is 2. The minimum Gasteiger partial charge on any atom is -0.338 e. The van der Waals surface area contributed by atoms with Crippen molar-refractivity contribution >= 4 is 5.91 Å². The molecule has 110 valence electrons. The number of carbonyl (C=O) groups excluding carboxylic acids is 1. The zero-order valence-electron chi connectivity index (χ0n) is 12.5. The fourth-order valence-corrected chi connectivity index (χ4v) is 3.43. The topological polar surface area (TPSA) is 35.6 Å². The first kappa shape index (κ1) is 14.8. The second kappa shape index (κ2) is 7.25. The molecule has 1 amide bonds. The van der Waals surface area contributed by atoms with Crippen LogP contribution in [0.3, 0.4) is 0 Å². The minimum absolute atomic E-state index is 0.104. The Balaban J connectivity index is 1.86. The van der Waals surface area contributed by atoms with E-state index in [4.69, 9.17) is 0 Å². The van der Waals surface area contributed by atoms with Crippen LogP contribution >= 0.6 is 0 Å². The lowest BCUT2D eigenvalue weighted by Gasteiger charge is -2.34. The van der Waals surface area contributed by atoms with E-state index < -0.39 is 0 Å². The summed E-state index contributed by atoms with van der Waals surface area (Å²) in [5.41, 5.74) is 0. The molecule has 0 aromatic heterocycles. The number of carbonyl (C=O) groups is 1. The molecular weight excluding hydrogens is 238 g/mol. The summed E-state index contributed by atoms with van der Waals surface area (Å²) in [5, 5.41) is 3.11. The third-order valence-corrected chi connectivity index (χ3v) is 4.51. The van der Waals surface area contributed by atoms with E-state index in [1.54, 1.807) is 0 Å². The van der Waals surface area contributed by atoms with Crippen LogP contribution in [0.2, 0.25) is 0 Å². The van der Waals surface area contributed by atoms with Gasteiger partial charge in [0, 0.05) is 31.6 Å². The Hall–Kier alpha value is -0.610. The lowest BCUT2D eigenvalue weighted by Crippen LogP contribution is -2.47. The van der Waals surface area contributed by atoms with Crippen molar-refractivity contribution in [2.45, 2.75) is 45.1 Å². The van der Waals surface area contributed by atoms with Crippen molar-refractivity contribution in [3.63, 3.8) is 0 Å². The summed E-state index contributed by atoms with van der Waals surface area (Å²) in [7, 11) is 1.92. The van der Waals surface area contributed by atoms with E-state index in [9.17, 15) is 4.79 Å². The Morgan fingerprint density at radius 1 is 1.21 bits per heavy atom. The Morgan fingerprint density at radius 2 is 1.95 bits per heavy atom. The quantitative estimate of drug-likeness (QED) is 0.816. The molecule has 0 aromatic rings. The van der Waals surface area contributed by atoms with Gasteiger partial charge < -0.3 is 15.1 Å². The van der Waals surface area contributed by atoms with Crippen molar-refractivity contribution in [1.82, 2.24) is 15.1 Å². The van der Waals surface area contributed by atoms with Crippen LogP contribution in [0.15, 0.2) is 0 Å². The van der Waals surface area contributed by atoms with Crippen LogP contribution < -0.4 is 5.32 Å². The van der Waals surface area contributed by atoms with E-state index in [2.05, 4.69) is 15.1 Å². The Morgan fingerprint density at radius 3 is 2.63 bits per heavy atom. The lowest BCUT2D eigenvalue weighted by molar-refractivity contribution is -0.136. The van der Waals surface area contributed by atoms with Gasteiger partial charge in [0.1, 0.15) is 0 Å². The number of amides is 1. The predicted molar refractivity (Wildman–Crippen MR) is 78.1 cm³/mol. The predicted octanol–water partition coefficient (Wildman–Crippen LogP) is 1.32. The average molecular weight is 267 g/mol. The Bertz CT molecular complexity index is 289. The molecule has 0 bridgehead atoms. The van der Waals surface area contributed by atoms with Crippen molar-refractivity contribution in [2.24, 2.45) is 5.92 Å². The maximum Gasteiger partial charge on any atom is 0.226 e. The number of hydrogen-bond donors (Lipinski definition) is 1. The average Bonchev–Trinajstić information content (AvgIpc) is 2.87. The number of nitrogens with one attached hydrogen (secondary N) is 1. The summed E-state index contributed by atoms with van der Waals surface area (Å²) in [5.74, 6) is 0.445. The van der Waals surface area contributed by atoms with E-state index in [1.165, 1.54) is 45.2 Å². The lowest BCUT2D eigenvalue weighted by atomic mass is 10.1. The molecule has 2 fully saturated rings. The molecule has 0 aliphatic carbocycles. The smallest absolute Gasteiger partial charge is 0.226 e. The van der Waals surface area contributed by atoms with Crippen LogP contribution in [0, 0.1) is 5.92 Å². The third-order valence-electron chi connectivity index (χ3n) is 4.51. The summed E-state index contributed by atoms with van der Waals surface area (Å²) in [6.45, 7) is 7.33. The minimum atomic E-state index is 0.104. The van der Waals surface area contributed by atoms with Crippen LogP contribution in [-0.2, 0) is 4.79 Å². The van der Waals surface area contributed by atoms with E-state index in [1.807, 2.05) is 14.0 Å². The molecule has 2 heterocycles. The standard InChI is InChI=1S/C15H29N3O/c1-13(11-16-2)15(19)18-10-6-7-14(18)12-17-8-4-3-5-9-17/h13-14,16H,3-12H2,1-2H3. The van der Waals surface area contributed by atoms with Crippen LogP contribution in [0.1, 0.15) is 39.0 Å². The number of likely N-dealkylation sites (tertiary alicyclic amines) is 2. The highest BCUT2D eigenvalue weighted by molar-refractivity contribution is 5.79. The van der Waals surface area contributed by atoms with Crippen LogP contribution in [0.5, 0.6) is 0 Å². The summed E-state index contributed by atoms with van der Waals surface area (Å²) in [6.07, 6.45) is 6.40. The SMILES string of the molecule is CNCC(C)C(=O)N1CCCC1CN1CCCCC1. The molecular formula is C15H29N3O. The largest absolute Gasteiger partial charge is 0.338 e. The first-order valence-electron chi connectivity index (χ1n) is 7.90. The first-order valence-corrected chi connectivity index (χ1v) is 7.90. The molecule has 0 saturated carbocycles. The second-order valence-electron chi connectivity index (χ2n) is 6.15. The molecule has 4 nitrogen and oxygen atoms in total. The molecule has 2 aliphatic heterocycles. The summed E-state index contributed by atoms with van der Waals surface area (Å²) < 4.78 is 0. The molecule has 2 atom stereocenters. The molecule has 1 N–H and O–H groups in total. The molecule has 0 spiro atoms. The molecule has 2 unspecified atom stereocenters. The molecule has 2 aliphatic rings. The highest BCUT2D eigenvalue weighted by Crippen LogP contribution is 2.22. The maximum absolute atomic E-state index is 12.5. The fraction of sp³-hybridized carbons (Fsp3) is 0.933. The number of hydrogen-bond acceptors (Lipinski definition) is 3. The van der Waals surface area contributed by atoms with Crippen molar-refractivity contribution in [2.75, 3.05) is 39.8 Å². The fourth-order valence-electron chi connectivity index (χ4n) is 3.43. The van der Waals surface area contributed by atoms with E-state index in [0.29, 0.717) is 11.9 Å². The molecule has 2 rings (SSSR count). The zero-order valence-corrected chi connectivity index (χ0v) is 12.5. The van der Waals surface area contributed by atoms with Crippen molar-refractivity contribution in [3.8, 4) is 0 Å². The van der Waals surface area contributed by atoms with E-state index >= 15 is 0 Å². The van der Waals surface area contributed by atoms with Crippen molar-refractivity contribution in [1.29, 1.82) is 0 Å². The Kier molecular flexibility index (Phi) is 5.64. The molecule has 0 radical (unpaired) electrons.